The van der Waals surface area contributed by atoms with E-state index < -0.39 is 0 Å². The molecule has 1 aromatic carbocycles. The number of aryl methyl sites for hydroxylation is 1. The lowest BCUT2D eigenvalue weighted by atomic mass is 9.79. The zero-order chi connectivity index (χ0) is 16.3. The van der Waals surface area contributed by atoms with Crippen molar-refractivity contribution in [1.29, 1.82) is 0 Å². The van der Waals surface area contributed by atoms with E-state index in [0.717, 1.165) is 29.8 Å². The number of anilines is 1. The highest BCUT2D eigenvalue weighted by atomic mass is 79.9. The number of carbonyl (C=O) groups is 1. The Kier molecular flexibility index (Phi) is 5.39. The second-order valence-corrected chi connectivity index (χ2v) is 7.77. The van der Waals surface area contributed by atoms with Gasteiger partial charge >= 0.3 is 0 Å². The van der Waals surface area contributed by atoms with Gasteiger partial charge in [-0.15, -0.1) is 0 Å². The van der Waals surface area contributed by atoms with Gasteiger partial charge in [0.05, 0.1) is 12.2 Å². The van der Waals surface area contributed by atoms with E-state index in [9.17, 15) is 4.79 Å². The van der Waals surface area contributed by atoms with Crippen molar-refractivity contribution in [2.24, 2.45) is 0 Å². The molecule has 5 heteroatoms. The molecule has 1 saturated heterocycles. The molecular formula is C18H26BrN3O. The Morgan fingerprint density at radius 2 is 2.13 bits per heavy atom. The summed E-state index contributed by atoms with van der Waals surface area (Å²) in [6, 6.07) is 6.02. The van der Waals surface area contributed by atoms with Crippen LogP contribution in [0.15, 0.2) is 22.7 Å². The van der Waals surface area contributed by atoms with Crippen LogP contribution in [0.25, 0.3) is 0 Å². The first kappa shape index (κ1) is 16.9. The lowest BCUT2D eigenvalue weighted by Gasteiger charge is -2.49. The SMILES string of the molecule is Cc1ccc(NC(=O)CN2CCNCC23CCCCC3)c(Br)c1. The minimum absolute atomic E-state index is 0.0846. The highest BCUT2D eigenvalue weighted by molar-refractivity contribution is 9.10. The van der Waals surface area contributed by atoms with Crippen molar-refractivity contribution in [3.05, 3.63) is 28.2 Å². The molecule has 2 fully saturated rings. The highest BCUT2D eigenvalue weighted by Crippen LogP contribution is 2.34. The normalized spacial score (nSPS) is 21.3. The predicted octanol–water partition coefficient (Wildman–Crippen LogP) is 3.30. The van der Waals surface area contributed by atoms with Gasteiger partial charge in [0.15, 0.2) is 0 Å². The summed E-state index contributed by atoms with van der Waals surface area (Å²) >= 11 is 3.53. The molecule has 2 aliphatic rings. The van der Waals surface area contributed by atoms with Crippen LogP contribution in [0.3, 0.4) is 0 Å². The average Bonchev–Trinajstić information content (AvgIpc) is 2.53. The third-order valence-corrected chi connectivity index (χ3v) is 5.86. The van der Waals surface area contributed by atoms with Gasteiger partial charge in [0.1, 0.15) is 0 Å². The van der Waals surface area contributed by atoms with Crippen LogP contribution in [-0.2, 0) is 4.79 Å². The van der Waals surface area contributed by atoms with E-state index in [-0.39, 0.29) is 11.4 Å². The predicted molar refractivity (Wildman–Crippen MR) is 97.8 cm³/mol. The monoisotopic (exact) mass is 379 g/mol. The number of benzene rings is 1. The largest absolute Gasteiger partial charge is 0.324 e. The molecule has 1 aromatic rings. The summed E-state index contributed by atoms with van der Waals surface area (Å²) in [4.78, 5) is 15.0. The van der Waals surface area contributed by atoms with Gasteiger partial charge in [0, 0.05) is 29.6 Å². The average molecular weight is 380 g/mol. The number of amides is 1. The summed E-state index contributed by atoms with van der Waals surface area (Å²) in [5.74, 6) is 0.0846. The van der Waals surface area contributed by atoms with Crippen LogP contribution >= 0.6 is 15.9 Å². The van der Waals surface area contributed by atoms with Gasteiger partial charge in [0.2, 0.25) is 5.91 Å². The van der Waals surface area contributed by atoms with Gasteiger partial charge < -0.3 is 10.6 Å². The van der Waals surface area contributed by atoms with E-state index in [2.05, 4.69) is 31.5 Å². The summed E-state index contributed by atoms with van der Waals surface area (Å²) in [6.45, 7) is 5.49. The van der Waals surface area contributed by atoms with Crippen molar-refractivity contribution in [1.82, 2.24) is 10.2 Å². The molecule has 1 saturated carbocycles. The molecule has 1 amide bonds. The van der Waals surface area contributed by atoms with Crippen molar-refractivity contribution in [3.63, 3.8) is 0 Å². The second kappa shape index (κ2) is 7.32. The van der Waals surface area contributed by atoms with E-state index in [1.54, 1.807) is 0 Å². The first-order valence-corrected chi connectivity index (χ1v) is 9.40. The number of carbonyl (C=O) groups excluding carboxylic acids is 1. The third kappa shape index (κ3) is 3.95. The summed E-state index contributed by atoms with van der Waals surface area (Å²) in [5, 5.41) is 6.59. The van der Waals surface area contributed by atoms with Crippen LogP contribution in [-0.4, -0.2) is 42.5 Å². The summed E-state index contributed by atoms with van der Waals surface area (Å²) in [6.07, 6.45) is 6.31. The minimum Gasteiger partial charge on any atom is -0.324 e. The lowest BCUT2D eigenvalue weighted by Crippen LogP contribution is -2.63. The molecule has 0 aromatic heterocycles. The van der Waals surface area contributed by atoms with Crippen LogP contribution in [0.4, 0.5) is 5.69 Å². The Bertz CT molecular complexity index is 561. The summed E-state index contributed by atoms with van der Waals surface area (Å²) in [5.41, 5.74) is 2.23. The molecule has 0 radical (unpaired) electrons. The topological polar surface area (TPSA) is 44.4 Å². The molecule has 0 bridgehead atoms. The Morgan fingerprint density at radius 1 is 1.35 bits per heavy atom. The Balaban J connectivity index is 1.65. The molecule has 1 aliphatic carbocycles. The van der Waals surface area contributed by atoms with Crippen LogP contribution in [0.5, 0.6) is 0 Å². The van der Waals surface area contributed by atoms with Crippen molar-refractivity contribution in [2.75, 3.05) is 31.5 Å². The van der Waals surface area contributed by atoms with E-state index in [0.29, 0.717) is 6.54 Å². The maximum absolute atomic E-state index is 12.5. The van der Waals surface area contributed by atoms with Crippen molar-refractivity contribution < 1.29 is 4.79 Å². The highest BCUT2D eigenvalue weighted by Gasteiger charge is 2.40. The molecular weight excluding hydrogens is 354 g/mol. The van der Waals surface area contributed by atoms with Gasteiger partial charge in [-0.2, -0.15) is 0 Å². The molecule has 23 heavy (non-hydrogen) atoms. The van der Waals surface area contributed by atoms with Crippen molar-refractivity contribution in [2.45, 2.75) is 44.6 Å². The fourth-order valence-electron chi connectivity index (χ4n) is 3.92. The minimum atomic E-state index is 0.0846. The quantitative estimate of drug-likeness (QED) is 0.846. The van der Waals surface area contributed by atoms with E-state index in [1.807, 2.05) is 25.1 Å². The van der Waals surface area contributed by atoms with Crippen molar-refractivity contribution in [3.8, 4) is 0 Å². The third-order valence-electron chi connectivity index (χ3n) is 5.20. The Morgan fingerprint density at radius 3 is 2.87 bits per heavy atom. The van der Waals surface area contributed by atoms with Gasteiger partial charge in [-0.3, -0.25) is 9.69 Å². The van der Waals surface area contributed by atoms with Gasteiger partial charge in [-0.1, -0.05) is 25.3 Å². The van der Waals surface area contributed by atoms with Crippen molar-refractivity contribution >= 4 is 27.5 Å². The first-order chi connectivity index (χ1) is 11.1. The number of hydrogen-bond acceptors (Lipinski definition) is 3. The standard InChI is InChI=1S/C18H26BrN3O/c1-14-5-6-16(15(19)11-14)21-17(23)12-22-10-9-20-13-18(22)7-3-2-4-8-18/h5-6,11,20H,2-4,7-10,12-13H2,1H3,(H,21,23). The zero-order valence-electron chi connectivity index (χ0n) is 13.8. The molecule has 4 nitrogen and oxygen atoms in total. The molecule has 1 heterocycles. The Labute approximate surface area is 147 Å². The molecule has 3 rings (SSSR count). The molecule has 0 atom stereocenters. The van der Waals surface area contributed by atoms with Crippen LogP contribution in [0.1, 0.15) is 37.7 Å². The molecule has 1 aliphatic heterocycles. The fourth-order valence-corrected chi connectivity index (χ4v) is 4.51. The number of nitrogens with one attached hydrogen (secondary N) is 2. The van der Waals surface area contributed by atoms with E-state index in [4.69, 9.17) is 0 Å². The van der Waals surface area contributed by atoms with Crippen LogP contribution in [0.2, 0.25) is 0 Å². The lowest BCUT2D eigenvalue weighted by molar-refractivity contribution is -0.120. The number of halogens is 1. The van der Waals surface area contributed by atoms with Gasteiger partial charge in [-0.25, -0.2) is 0 Å². The number of hydrogen-bond donors (Lipinski definition) is 2. The van der Waals surface area contributed by atoms with Gasteiger partial charge in [0.25, 0.3) is 0 Å². The zero-order valence-corrected chi connectivity index (χ0v) is 15.4. The first-order valence-electron chi connectivity index (χ1n) is 8.61. The second-order valence-electron chi connectivity index (χ2n) is 6.91. The number of piperazine rings is 1. The summed E-state index contributed by atoms with van der Waals surface area (Å²) < 4.78 is 0.943. The van der Waals surface area contributed by atoms with E-state index >= 15 is 0 Å². The van der Waals surface area contributed by atoms with E-state index in [1.165, 1.54) is 37.7 Å². The fraction of sp³-hybridized carbons (Fsp3) is 0.611. The molecule has 0 unspecified atom stereocenters. The van der Waals surface area contributed by atoms with Gasteiger partial charge in [-0.05, 0) is 53.4 Å². The molecule has 1 spiro atoms. The smallest absolute Gasteiger partial charge is 0.238 e. The molecule has 2 N–H and O–H groups in total. The number of nitrogens with zero attached hydrogens (tertiary/aromatic N) is 1. The maximum atomic E-state index is 12.5. The van der Waals surface area contributed by atoms with Crippen LogP contribution < -0.4 is 10.6 Å². The number of rotatable bonds is 3. The van der Waals surface area contributed by atoms with Crippen LogP contribution in [0, 0.1) is 6.92 Å². The Hall–Kier alpha value is -0.910. The summed E-state index contributed by atoms with van der Waals surface area (Å²) in [7, 11) is 0. The maximum Gasteiger partial charge on any atom is 0.238 e. The molecule has 126 valence electrons.